The number of aromatic nitrogens is 2. The van der Waals surface area contributed by atoms with Gasteiger partial charge in [0.25, 0.3) is 11.5 Å². The van der Waals surface area contributed by atoms with Crippen molar-refractivity contribution in [3.8, 4) is 0 Å². The number of amides is 1. The molecule has 1 amide bonds. The first-order valence-corrected chi connectivity index (χ1v) is 10.2. The molecule has 2 atom stereocenters. The molecule has 0 saturated carbocycles. The summed E-state index contributed by atoms with van der Waals surface area (Å²) in [4.78, 5) is 57.5. The molecule has 2 aromatic rings. The summed E-state index contributed by atoms with van der Waals surface area (Å²) >= 11 is 0. The van der Waals surface area contributed by atoms with E-state index in [4.69, 9.17) is 10.8 Å². The van der Waals surface area contributed by atoms with Gasteiger partial charge in [-0.05, 0) is 30.7 Å². The number of carboxylic acid groups (broad SMARTS) is 2. The minimum absolute atomic E-state index is 0.0394. The first-order valence-electron chi connectivity index (χ1n) is 10.2. The van der Waals surface area contributed by atoms with Gasteiger partial charge in [-0.3, -0.25) is 19.4 Å². The van der Waals surface area contributed by atoms with Crippen LogP contribution in [0.5, 0.6) is 0 Å². The Balaban J connectivity index is 1.45. The molecule has 4 rings (SSSR count). The van der Waals surface area contributed by atoms with E-state index >= 15 is 0 Å². The molecule has 174 valence electrons. The molecular formula is C20H23N7O6. The molecule has 3 heterocycles. The van der Waals surface area contributed by atoms with Crippen LogP contribution in [-0.2, 0) is 9.59 Å². The fourth-order valence-electron chi connectivity index (χ4n) is 4.00. The first-order chi connectivity index (χ1) is 15.7. The molecule has 0 radical (unpaired) electrons. The molecule has 1 aromatic carbocycles. The number of benzene rings is 1. The van der Waals surface area contributed by atoms with Crippen molar-refractivity contribution >= 4 is 41.0 Å². The van der Waals surface area contributed by atoms with Gasteiger partial charge in [0.1, 0.15) is 11.7 Å². The first kappa shape index (κ1) is 21.9. The summed E-state index contributed by atoms with van der Waals surface area (Å²) in [6, 6.07) is 5.35. The van der Waals surface area contributed by atoms with Crippen molar-refractivity contribution < 1.29 is 24.6 Å². The normalized spacial score (nSPS) is 17.5. The zero-order valence-corrected chi connectivity index (χ0v) is 17.4. The van der Waals surface area contributed by atoms with Crippen LogP contribution in [0.15, 0.2) is 29.1 Å². The third-order valence-electron chi connectivity index (χ3n) is 5.65. The van der Waals surface area contributed by atoms with E-state index in [1.807, 2.05) is 9.80 Å². The van der Waals surface area contributed by atoms with Gasteiger partial charge in [0.2, 0.25) is 5.95 Å². The summed E-state index contributed by atoms with van der Waals surface area (Å²) in [5.74, 6) is -2.55. The number of hydrogen-bond acceptors (Lipinski definition) is 9. The maximum absolute atomic E-state index is 12.4. The number of fused-ring (bicyclic) bond motifs is 3. The summed E-state index contributed by atoms with van der Waals surface area (Å²) in [6.07, 6.45) is -0.583. The van der Waals surface area contributed by atoms with Crippen molar-refractivity contribution in [2.75, 3.05) is 40.6 Å². The molecule has 13 heteroatoms. The van der Waals surface area contributed by atoms with Crippen molar-refractivity contribution in [1.29, 1.82) is 0 Å². The predicted octanol–water partition coefficient (Wildman–Crippen LogP) is -0.522. The minimum atomic E-state index is -1.30. The van der Waals surface area contributed by atoms with Crippen molar-refractivity contribution in [2.24, 2.45) is 0 Å². The second kappa shape index (κ2) is 8.68. The van der Waals surface area contributed by atoms with Crippen LogP contribution in [-0.4, -0.2) is 69.9 Å². The van der Waals surface area contributed by atoms with Crippen LogP contribution in [0.1, 0.15) is 23.2 Å². The van der Waals surface area contributed by atoms with Crippen LogP contribution in [0.2, 0.25) is 0 Å². The Hall–Kier alpha value is -4.29. The number of nitrogens with two attached hydrogens (primary N) is 1. The lowest BCUT2D eigenvalue weighted by Gasteiger charge is -2.31. The number of carboxylic acids is 2. The van der Waals surface area contributed by atoms with Gasteiger partial charge in [-0.25, -0.2) is 4.79 Å². The lowest BCUT2D eigenvalue weighted by molar-refractivity contribution is -0.140. The van der Waals surface area contributed by atoms with Crippen LogP contribution in [0.4, 0.5) is 23.1 Å². The topological polar surface area (TPSA) is 194 Å². The number of nitrogens with one attached hydrogen (secondary N) is 3. The Morgan fingerprint density at radius 3 is 2.64 bits per heavy atom. The van der Waals surface area contributed by atoms with Crippen molar-refractivity contribution in [3.63, 3.8) is 0 Å². The Bertz CT molecular complexity index is 1150. The number of aromatic amines is 1. The molecule has 2 aliphatic rings. The highest BCUT2D eigenvalue weighted by Gasteiger charge is 2.37. The number of nitrogens with zero attached hydrogens (tertiary/aromatic N) is 3. The molecule has 0 bridgehead atoms. The molecule has 1 aromatic heterocycles. The molecule has 1 saturated heterocycles. The molecular weight excluding hydrogens is 434 g/mol. The predicted molar refractivity (Wildman–Crippen MR) is 118 cm³/mol. The summed E-state index contributed by atoms with van der Waals surface area (Å²) in [5.41, 5.74) is 6.81. The average molecular weight is 457 g/mol. The Kier molecular flexibility index (Phi) is 5.77. The van der Waals surface area contributed by atoms with E-state index in [0.29, 0.717) is 31.3 Å². The van der Waals surface area contributed by atoms with Gasteiger partial charge in [0, 0.05) is 30.8 Å². The number of hydrogen-bond donors (Lipinski definition) is 6. The molecule has 0 aliphatic carbocycles. The Morgan fingerprint density at radius 1 is 1.24 bits per heavy atom. The fourth-order valence-corrected chi connectivity index (χ4v) is 4.00. The number of nitrogen functional groups attached to an aromatic ring is 1. The van der Waals surface area contributed by atoms with Gasteiger partial charge in [-0.1, -0.05) is 0 Å². The van der Waals surface area contributed by atoms with Crippen LogP contribution in [0.3, 0.4) is 0 Å². The van der Waals surface area contributed by atoms with E-state index in [1.165, 1.54) is 0 Å². The lowest BCUT2D eigenvalue weighted by Crippen LogP contribution is -2.44. The van der Waals surface area contributed by atoms with Gasteiger partial charge in [0.05, 0.1) is 12.7 Å². The summed E-state index contributed by atoms with van der Waals surface area (Å²) in [5, 5.41) is 23.4. The van der Waals surface area contributed by atoms with Crippen LogP contribution >= 0.6 is 0 Å². The van der Waals surface area contributed by atoms with E-state index in [0.717, 1.165) is 5.69 Å². The molecule has 13 nitrogen and oxygen atoms in total. The van der Waals surface area contributed by atoms with Crippen molar-refractivity contribution in [3.05, 3.63) is 40.2 Å². The zero-order chi connectivity index (χ0) is 23.7. The summed E-state index contributed by atoms with van der Waals surface area (Å²) in [6.45, 7) is 1.67. The highest BCUT2D eigenvalue weighted by atomic mass is 16.4. The van der Waals surface area contributed by atoms with Gasteiger partial charge in [-0.15, -0.1) is 0 Å². The van der Waals surface area contributed by atoms with E-state index in [1.54, 1.807) is 24.3 Å². The fraction of sp³-hybridized carbons (Fsp3) is 0.350. The van der Waals surface area contributed by atoms with Crippen LogP contribution in [0, 0.1) is 0 Å². The maximum Gasteiger partial charge on any atom is 0.326 e. The van der Waals surface area contributed by atoms with Gasteiger partial charge in [-0.2, -0.15) is 4.98 Å². The van der Waals surface area contributed by atoms with E-state index in [-0.39, 0.29) is 36.0 Å². The van der Waals surface area contributed by atoms with Crippen LogP contribution < -0.4 is 31.7 Å². The molecule has 1 fully saturated rings. The van der Waals surface area contributed by atoms with Crippen molar-refractivity contribution in [1.82, 2.24) is 15.3 Å². The molecule has 7 N–H and O–H groups in total. The minimum Gasteiger partial charge on any atom is -0.481 e. The number of carbonyl (C=O) groups excluding carboxylic acids is 1. The SMILES string of the molecule is Nc1nc2c(c(=O)[nH]1)N1CN(c3ccc(C(=O)N[C@H](CCC(=O)O)C(=O)O)cc3)CC1CN2. The van der Waals surface area contributed by atoms with E-state index < -0.39 is 23.9 Å². The second-order valence-corrected chi connectivity index (χ2v) is 7.86. The molecule has 0 spiro atoms. The molecule has 33 heavy (non-hydrogen) atoms. The van der Waals surface area contributed by atoms with Crippen molar-refractivity contribution in [2.45, 2.75) is 24.9 Å². The third-order valence-corrected chi connectivity index (χ3v) is 5.65. The number of carbonyl (C=O) groups is 3. The monoisotopic (exact) mass is 457 g/mol. The highest BCUT2D eigenvalue weighted by Crippen LogP contribution is 2.32. The van der Waals surface area contributed by atoms with E-state index in [2.05, 4.69) is 20.6 Å². The standard InChI is InChI=1S/C20H23N7O6/c21-20-24-16-15(18(31)25-20)27-9-26(8-12(27)7-22-16)11-3-1-10(2-4-11)17(30)23-13(19(32)33)5-6-14(28)29/h1-4,12-13H,5-9H2,(H,23,30)(H,28,29)(H,32,33)(H4,21,22,24,25,31)/t12?,13-/m1/s1. The quantitative estimate of drug-likeness (QED) is 0.313. The van der Waals surface area contributed by atoms with Gasteiger partial charge in [0.15, 0.2) is 5.82 Å². The number of H-pyrrole nitrogens is 1. The summed E-state index contributed by atoms with van der Waals surface area (Å²) < 4.78 is 0. The largest absolute Gasteiger partial charge is 0.481 e. The second-order valence-electron chi connectivity index (χ2n) is 7.86. The maximum atomic E-state index is 12.4. The molecule has 2 aliphatic heterocycles. The zero-order valence-electron chi connectivity index (χ0n) is 17.4. The smallest absolute Gasteiger partial charge is 0.326 e. The summed E-state index contributed by atoms with van der Waals surface area (Å²) in [7, 11) is 0. The number of aliphatic carboxylic acids is 2. The van der Waals surface area contributed by atoms with Gasteiger partial charge < -0.3 is 36.4 Å². The highest BCUT2D eigenvalue weighted by molar-refractivity contribution is 5.97. The van der Waals surface area contributed by atoms with E-state index in [9.17, 15) is 24.3 Å². The third kappa shape index (κ3) is 4.51. The molecule has 1 unspecified atom stereocenters. The number of anilines is 4. The number of rotatable bonds is 7. The van der Waals surface area contributed by atoms with Crippen LogP contribution in [0.25, 0.3) is 0 Å². The lowest BCUT2D eigenvalue weighted by atomic mass is 10.1. The Labute approximate surface area is 187 Å². The van der Waals surface area contributed by atoms with Gasteiger partial charge >= 0.3 is 11.9 Å². The Morgan fingerprint density at radius 2 is 1.97 bits per heavy atom. The average Bonchev–Trinajstić information content (AvgIpc) is 3.20.